The van der Waals surface area contributed by atoms with Gasteiger partial charge in [0.2, 0.25) is 5.91 Å². The first-order valence-electron chi connectivity index (χ1n) is 6.24. The predicted molar refractivity (Wildman–Crippen MR) is 63.5 cm³/mol. The summed E-state index contributed by atoms with van der Waals surface area (Å²) in [6.07, 6.45) is 4.56. The Kier molecular flexibility index (Phi) is 5.88. The molecular weight excluding hydrogens is 222 g/mol. The molecule has 1 saturated heterocycles. The molecule has 0 saturated carbocycles. The lowest BCUT2D eigenvalue weighted by molar-refractivity contribution is -0.125. The van der Waals surface area contributed by atoms with Gasteiger partial charge in [-0.1, -0.05) is 0 Å². The minimum Gasteiger partial charge on any atom is -0.394 e. The van der Waals surface area contributed by atoms with E-state index in [4.69, 9.17) is 14.9 Å². The molecule has 0 aromatic carbocycles. The highest BCUT2D eigenvalue weighted by Gasteiger charge is 2.25. The maximum Gasteiger partial charge on any atom is 0.220 e. The third kappa shape index (κ3) is 5.02. The molecule has 1 rings (SSSR count). The Morgan fingerprint density at radius 3 is 2.65 bits per heavy atom. The molecule has 1 aliphatic rings. The van der Waals surface area contributed by atoms with Crippen LogP contribution in [0, 0.1) is 0 Å². The highest BCUT2D eigenvalue weighted by molar-refractivity contribution is 5.76. The number of carbonyl (C=O) groups is 1. The molecule has 1 heterocycles. The summed E-state index contributed by atoms with van der Waals surface area (Å²) in [7, 11) is 0. The van der Waals surface area contributed by atoms with E-state index < -0.39 is 5.54 Å². The number of rotatable bonds is 6. The maximum absolute atomic E-state index is 11.6. The van der Waals surface area contributed by atoms with Crippen molar-refractivity contribution in [3.8, 4) is 0 Å². The van der Waals surface area contributed by atoms with E-state index in [9.17, 15) is 4.79 Å². The van der Waals surface area contributed by atoms with Gasteiger partial charge in [-0.2, -0.15) is 0 Å². The maximum atomic E-state index is 11.6. The summed E-state index contributed by atoms with van der Waals surface area (Å²) in [5.41, 5.74) is -0.926. The monoisotopic (exact) mass is 245 g/mol. The van der Waals surface area contributed by atoms with Crippen LogP contribution in [0.1, 0.15) is 39.0 Å². The normalized spacial score (nSPS) is 21.2. The number of hydrogen-bond acceptors (Lipinski definition) is 4. The largest absolute Gasteiger partial charge is 0.394 e. The molecule has 0 aromatic heterocycles. The van der Waals surface area contributed by atoms with Crippen LogP contribution >= 0.6 is 0 Å². The SMILES string of the molecule is CC(CO)(CO)NC(=O)CCC1CCCCO1. The zero-order chi connectivity index (χ0) is 12.7. The number of nitrogens with one attached hydrogen (secondary N) is 1. The second kappa shape index (κ2) is 6.93. The predicted octanol–water partition coefficient (Wildman–Crippen LogP) is 0.195. The third-order valence-electron chi connectivity index (χ3n) is 3.11. The Bertz CT molecular complexity index is 235. The van der Waals surface area contributed by atoms with Crippen LogP contribution < -0.4 is 5.32 Å². The van der Waals surface area contributed by atoms with E-state index in [0.29, 0.717) is 12.8 Å². The summed E-state index contributed by atoms with van der Waals surface area (Å²) in [6, 6.07) is 0. The number of hydrogen-bond donors (Lipinski definition) is 3. The molecule has 0 radical (unpaired) electrons. The van der Waals surface area contributed by atoms with Crippen LogP contribution in [0.2, 0.25) is 0 Å². The van der Waals surface area contributed by atoms with Gasteiger partial charge in [0, 0.05) is 13.0 Å². The quantitative estimate of drug-likeness (QED) is 0.624. The fourth-order valence-corrected chi connectivity index (χ4v) is 1.86. The van der Waals surface area contributed by atoms with Gasteiger partial charge in [-0.3, -0.25) is 4.79 Å². The lowest BCUT2D eigenvalue weighted by Crippen LogP contribution is -2.51. The van der Waals surface area contributed by atoms with E-state index in [1.54, 1.807) is 6.92 Å². The lowest BCUT2D eigenvalue weighted by Gasteiger charge is -2.27. The van der Waals surface area contributed by atoms with Crippen molar-refractivity contribution in [2.24, 2.45) is 0 Å². The van der Waals surface area contributed by atoms with Crippen molar-refractivity contribution in [2.75, 3.05) is 19.8 Å². The van der Waals surface area contributed by atoms with Gasteiger partial charge < -0.3 is 20.3 Å². The van der Waals surface area contributed by atoms with Crippen LogP contribution in [0.5, 0.6) is 0 Å². The number of amides is 1. The molecule has 1 atom stereocenters. The first-order chi connectivity index (χ1) is 8.09. The highest BCUT2D eigenvalue weighted by Crippen LogP contribution is 2.17. The lowest BCUT2D eigenvalue weighted by atomic mass is 10.0. The summed E-state index contributed by atoms with van der Waals surface area (Å²) < 4.78 is 5.53. The average molecular weight is 245 g/mol. The fraction of sp³-hybridized carbons (Fsp3) is 0.917. The van der Waals surface area contributed by atoms with Crippen molar-refractivity contribution in [1.82, 2.24) is 5.32 Å². The van der Waals surface area contributed by atoms with Crippen LogP contribution in [0.4, 0.5) is 0 Å². The molecule has 0 aromatic rings. The molecular formula is C12H23NO4. The molecule has 1 amide bonds. The molecule has 100 valence electrons. The Morgan fingerprint density at radius 1 is 1.41 bits per heavy atom. The second-order valence-electron chi connectivity index (χ2n) is 4.95. The van der Waals surface area contributed by atoms with Crippen molar-refractivity contribution >= 4 is 5.91 Å². The standard InChI is InChI=1S/C12H23NO4/c1-12(8-14,9-15)13-11(16)6-5-10-4-2-3-7-17-10/h10,14-15H,2-9H2,1H3,(H,13,16). The number of aliphatic hydroxyl groups is 2. The van der Waals surface area contributed by atoms with Gasteiger partial charge in [0.1, 0.15) is 0 Å². The molecule has 1 aliphatic heterocycles. The van der Waals surface area contributed by atoms with Crippen molar-refractivity contribution < 1.29 is 19.7 Å². The number of carbonyl (C=O) groups excluding carboxylic acids is 1. The minimum atomic E-state index is -0.926. The number of ether oxygens (including phenoxy) is 1. The van der Waals surface area contributed by atoms with Crippen molar-refractivity contribution in [1.29, 1.82) is 0 Å². The molecule has 1 fully saturated rings. The van der Waals surface area contributed by atoms with Gasteiger partial charge in [0.05, 0.1) is 24.9 Å². The van der Waals surface area contributed by atoms with Crippen LogP contribution in [0.15, 0.2) is 0 Å². The van der Waals surface area contributed by atoms with Crippen LogP contribution in [-0.2, 0) is 9.53 Å². The molecule has 5 nitrogen and oxygen atoms in total. The van der Waals surface area contributed by atoms with E-state index in [0.717, 1.165) is 25.9 Å². The van der Waals surface area contributed by atoms with E-state index >= 15 is 0 Å². The Morgan fingerprint density at radius 2 is 2.12 bits per heavy atom. The van der Waals surface area contributed by atoms with Gasteiger partial charge >= 0.3 is 0 Å². The Balaban J connectivity index is 2.24. The Labute approximate surface area is 102 Å². The zero-order valence-corrected chi connectivity index (χ0v) is 10.4. The average Bonchev–Trinajstić information content (AvgIpc) is 2.37. The van der Waals surface area contributed by atoms with Crippen molar-refractivity contribution in [2.45, 2.75) is 50.7 Å². The molecule has 0 spiro atoms. The molecule has 0 aliphatic carbocycles. The molecule has 5 heteroatoms. The second-order valence-corrected chi connectivity index (χ2v) is 4.95. The Hall–Kier alpha value is -0.650. The summed E-state index contributed by atoms with van der Waals surface area (Å²) in [4.78, 5) is 11.6. The third-order valence-corrected chi connectivity index (χ3v) is 3.11. The zero-order valence-electron chi connectivity index (χ0n) is 10.4. The summed E-state index contributed by atoms with van der Waals surface area (Å²) in [6.45, 7) is 1.86. The van der Waals surface area contributed by atoms with Crippen LogP contribution in [-0.4, -0.2) is 47.6 Å². The first kappa shape index (κ1) is 14.4. The van der Waals surface area contributed by atoms with Crippen molar-refractivity contribution in [3.05, 3.63) is 0 Å². The molecule has 17 heavy (non-hydrogen) atoms. The van der Waals surface area contributed by atoms with Gasteiger partial charge in [0.15, 0.2) is 0 Å². The molecule has 0 bridgehead atoms. The van der Waals surface area contributed by atoms with Crippen LogP contribution in [0.3, 0.4) is 0 Å². The van der Waals surface area contributed by atoms with E-state index in [2.05, 4.69) is 5.32 Å². The van der Waals surface area contributed by atoms with E-state index in [1.165, 1.54) is 0 Å². The van der Waals surface area contributed by atoms with E-state index in [-0.39, 0.29) is 25.2 Å². The van der Waals surface area contributed by atoms with Crippen LogP contribution in [0.25, 0.3) is 0 Å². The molecule has 3 N–H and O–H groups in total. The smallest absolute Gasteiger partial charge is 0.220 e. The summed E-state index contributed by atoms with van der Waals surface area (Å²) >= 11 is 0. The highest BCUT2D eigenvalue weighted by atomic mass is 16.5. The minimum absolute atomic E-state index is 0.148. The van der Waals surface area contributed by atoms with E-state index in [1.807, 2.05) is 0 Å². The fourth-order valence-electron chi connectivity index (χ4n) is 1.86. The summed E-state index contributed by atoms with van der Waals surface area (Å²) in [5.74, 6) is -0.148. The number of aliphatic hydroxyl groups excluding tert-OH is 2. The first-order valence-corrected chi connectivity index (χ1v) is 6.24. The van der Waals surface area contributed by atoms with Crippen molar-refractivity contribution in [3.63, 3.8) is 0 Å². The topological polar surface area (TPSA) is 78.8 Å². The van der Waals surface area contributed by atoms with Gasteiger partial charge in [-0.05, 0) is 32.6 Å². The van der Waals surface area contributed by atoms with Gasteiger partial charge in [-0.25, -0.2) is 0 Å². The van der Waals surface area contributed by atoms with Gasteiger partial charge in [-0.15, -0.1) is 0 Å². The van der Waals surface area contributed by atoms with Gasteiger partial charge in [0.25, 0.3) is 0 Å². The molecule has 1 unspecified atom stereocenters. The summed E-state index contributed by atoms with van der Waals surface area (Å²) in [5, 5.41) is 20.7.